The number of carbonyl (C=O) groups excluding carboxylic acids is 1. The van der Waals surface area contributed by atoms with E-state index in [2.05, 4.69) is 10.3 Å². The van der Waals surface area contributed by atoms with Crippen molar-refractivity contribution in [2.24, 2.45) is 4.99 Å². The van der Waals surface area contributed by atoms with Crippen LogP contribution < -0.4 is 10.8 Å². The van der Waals surface area contributed by atoms with Crippen molar-refractivity contribution in [3.8, 4) is 0 Å². The highest BCUT2D eigenvalue weighted by Gasteiger charge is 1.98. The summed E-state index contributed by atoms with van der Waals surface area (Å²) in [5.41, 5.74) is 0.822. The lowest BCUT2D eigenvalue weighted by Crippen LogP contribution is -2.21. The van der Waals surface area contributed by atoms with E-state index in [9.17, 15) is 10.0 Å². The minimum absolute atomic E-state index is 0.168. The lowest BCUT2D eigenvalue weighted by atomic mass is 10.3. The molecule has 0 unspecified atom stereocenters. The van der Waals surface area contributed by atoms with Crippen LogP contribution in [0, 0.1) is 0 Å². The first-order valence-corrected chi connectivity index (χ1v) is 5.03. The fraction of sp³-hybridized carbons (Fsp3) is 0. The summed E-state index contributed by atoms with van der Waals surface area (Å²) in [6, 6.07) is 13.3. The molecule has 17 heavy (non-hydrogen) atoms. The molecule has 2 aromatic rings. The highest BCUT2D eigenvalue weighted by molar-refractivity contribution is 5.89. The van der Waals surface area contributed by atoms with Crippen LogP contribution in [0.4, 0.5) is 10.5 Å². The van der Waals surface area contributed by atoms with E-state index in [1.54, 1.807) is 24.3 Å². The van der Waals surface area contributed by atoms with Gasteiger partial charge in [0, 0.05) is 11.9 Å². The van der Waals surface area contributed by atoms with Gasteiger partial charge in [0.25, 0.3) is 0 Å². The zero-order valence-electron chi connectivity index (χ0n) is 8.95. The molecule has 0 aliphatic rings. The van der Waals surface area contributed by atoms with Gasteiger partial charge in [-0.1, -0.05) is 24.3 Å². The molecule has 2 rings (SSSR count). The Morgan fingerprint density at radius 2 is 1.82 bits per heavy atom. The standard InChI is InChI=1S/C12H11N3O2/c16-12(13-10-6-2-1-3-7-10)14-11-8-4-5-9-15(11)17/h1-9,17H,(H,13,16)/b14-11+. The third-order valence-corrected chi connectivity index (χ3v) is 2.06. The van der Waals surface area contributed by atoms with Crippen LogP contribution in [0.15, 0.2) is 59.7 Å². The van der Waals surface area contributed by atoms with Gasteiger partial charge in [0.15, 0.2) is 5.49 Å². The number of amides is 2. The molecule has 0 atom stereocenters. The number of rotatable bonds is 1. The van der Waals surface area contributed by atoms with Crippen LogP contribution >= 0.6 is 0 Å². The molecule has 0 saturated carbocycles. The minimum Gasteiger partial charge on any atom is -0.427 e. The van der Waals surface area contributed by atoms with Crippen LogP contribution in [0.1, 0.15) is 0 Å². The predicted molar refractivity (Wildman–Crippen MR) is 62.6 cm³/mol. The summed E-state index contributed by atoms with van der Waals surface area (Å²) in [7, 11) is 0. The molecule has 0 aliphatic heterocycles. The number of nitrogens with one attached hydrogen (secondary N) is 1. The normalized spacial score (nSPS) is 11.2. The SMILES string of the molecule is O=C(/N=c1\ccccn1O)Nc1ccccc1. The number of pyridine rings is 1. The minimum atomic E-state index is -0.537. The maximum Gasteiger partial charge on any atom is 0.347 e. The highest BCUT2D eigenvalue weighted by atomic mass is 16.5. The fourth-order valence-corrected chi connectivity index (χ4v) is 1.29. The van der Waals surface area contributed by atoms with Crippen LogP contribution in [0.5, 0.6) is 0 Å². The van der Waals surface area contributed by atoms with Gasteiger partial charge in [-0.2, -0.15) is 9.72 Å². The first-order valence-electron chi connectivity index (χ1n) is 5.03. The van der Waals surface area contributed by atoms with Gasteiger partial charge in [-0.25, -0.2) is 4.79 Å². The van der Waals surface area contributed by atoms with Gasteiger partial charge in [0.1, 0.15) is 0 Å². The van der Waals surface area contributed by atoms with E-state index in [0.717, 1.165) is 4.73 Å². The maximum absolute atomic E-state index is 11.5. The van der Waals surface area contributed by atoms with E-state index in [0.29, 0.717) is 5.69 Å². The predicted octanol–water partition coefficient (Wildman–Crippen LogP) is 1.86. The third kappa shape index (κ3) is 2.94. The number of carbonyl (C=O) groups is 1. The molecule has 5 nitrogen and oxygen atoms in total. The Morgan fingerprint density at radius 1 is 1.12 bits per heavy atom. The van der Waals surface area contributed by atoms with Crippen molar-refractivity contribution < 1.29 is 10.0 Å². The lowest BCUT2D eigenvalue weighted by molar-refractivity contribution is 0.171. The monoisotopic (exact) mass is 229 g/mol. The molecular weight excluding hydrogens is 218 g/mol. The summed E-state index contributed by atoms with van der Waals surface area (Å²) in [6.45, 7) is 0. The molecule has 1 heterocycles. The summed E-state index contributed by atoms with van der Waals surface area (Å²) < 4.78 is 0.782. The summed E-state index contributed by atoms with van der Waals surface area (Å²) in [5, 5.41) is 12.0. The first kappa shape index (κ1) is 10.9. The van der Waals surface area contributed by atoms with E-state index >= 15 is 0 Å². The van der Waals surface area contributed by atoms with Gasteiger partial charge in [-0.05, 0) is 24.3 Å². The van der Waals surface area contributed by atoms with Crippen molar-refractivity contribution in [1.82, 2.24) is 4.73 Å². The Morgan fingerprint density at radius 3 is 2.53 bits per heavy atom. The molecule has 0 fully saturated rings. The van der Waals surface area contributed by atoms with E-state index in [4.69, 9.17) is 0 Å². The largest absolute Gasteiger partial charge is 0.427 e. The quantitative estimate of drug-likeness (QED) is 0.733. The number of para-hydroxylation sites is 1. The Hall–Kier alpha value is -2.56. The van der Waals surface area contributed by atoms with Crippen molar-refractivity contribution >= 4 is 11.7 Å². The second-order valence-corrected chi connectivity index (χ2v) is 3.31. The van der Waals surface area contributed by atoms with Crippen LogP contribution in [0.2, 0.25) is 0 Å². The third-order valence-electron chi connectivity index (χ3n) is 2.06. The highest BCUT2D eigenvalue weighted by Crippen LogP contribution is 2.04. The van der Waals surface area contributed by atoms with Gasteiger partial charge < -0.3 is 10.5 Å². The van der Waals surface area contributed by atoms with Gasteiger partial charge in [-0.3, -0.25) is 0 Å². The number of nitrogens with zero attached hydrogens (tertiary/aromatic N) is 2. The molecule has 0 saturated heterocycles. The second-order valence-electron chi connectivity index (χ2n) is 3.31. The number of benzene rings is 1. The Labute approximate surface area is 97.6 Å². The number of aromatic nitrogens is 1. The Kier molecular flexibility index (Phi) is 3.20. The topological polar surface area (TPSA) is 66.6 Å². The molecule has 5 heteroatoms. The number of urea groups is 1. The molecular formula is C12H11N3O2. The summed E-state index contributed by atoms with van der Waals surface area (Å²) in [4.78, 5) is 15.2. The molecule has 0 aliphatic carbocycles. The zero-order chi connectivity index (χ0) is 12.1. The zero-order valence-corrected chi connectivity index (χ0v) is 8.95. The molecule has 0 radical (unpaired) electrons. The Bertz CT molecular complexity index is 576. The van der Waals surface area contributed by atoms with Crippen LogP contribution in [0.25, 0.3) is 0 Å². The van der Waals surface area contributed by atoms with E-state index in [1.807, 2.05) is 18.2 Å². The lowest BCUT2D eigenvalue weighted by Gasteiger charge is -2.00. The molecule has 1 aromatic heterocycles. The van der Waals surface area contributed by atoms with E-state index in [-0.39, 0.29) is 5.49 Å². The van der Waals surface area contributed by atoms with Crippen molar-refractivity contribution in [1.29, 1.82) is 0 Å². The van der Waals surface area contributed by atoms with Crippen molar-refractivity contribution in [3.05, 3.63) is 60.2 Å². The van der Waals surface area contributed by atoms with Gasteiger partial charge >= 0.3 is 6.03 Å². The second kappa shape index (κ2) is 4.98. The van der Waals surface area contributed by atoms with Gasteiger partial charge in [0.2, 0.25) is 0 Å². The summed E-state index contributed by atoms with van der Waals surface area (Å²) in [6.07, 6.45) is 1.40. The van der Waals surface area contributed by atoms with Crippen molar-refractivity contribution in [3.63, 3.8) is 0 Å². The van der Waals surface area contributed by atoms with Gasteiger partial charge in [0.05, 0.1) is 0 Å². The fourth-order valence-electron chi connectivity index (χ4n) is 1.29. The smallest absolute Gasteiger partial charge is 0.347 e. The van der Waals surface area contributed by atoms with Crippen molar-refractivity contribution in [2.75, 3.05) is 5.32 Å². The summed E-state index contributed by atoms with van der Waals surface area (Å²) in [5.74, 6) is 0. The molecule has 0 spiro atoms. The number of anilines is 1. The van der Waals surface area contributed by atoms with Crippen molar-refractivity contribution in [2.45, 2.75) is 0 Å². The van der Waals surface area contributed by atoms with Gasteiger partial charge in [-0.15, -0.1) is 0 Å². The maximum atomic E-state index is 11.5. The molecule has 1 aromatic carbocycles. The molecule has 0 bridgehead atoms. The average molecular weight is 229 g/mol. The number of hydrogen-bond acceptors (Lipinski definition) is 2. The number of hydrogen-bond donors (Lipinski definition) is 2. The van der Waals surface area contributed by atoms with E-state index < -0.39 is 6.03 Å². The first-order chi connectivity index (χ1) is 8.25. The van der Waals surface area contributed by atoms with Crippen LogP contribution in [0.3, 0.4) is 0 Å². The Balaban J connectivity index is 2.18. The molecule has 86 valence electrons. The van der Waals surface area contributed by atoms with E-state index in [1.165, 1.54) is 12.3 Å². The average Bonchev–Trinajstić information content (AvgIpc) is 2.33. The molecule has 2 N–H and O–H groups in total. The van der Waals surface area contributed by atoms with Crippen LogP contribution in [-0.4, -0.2) is 16.0 Å². The van der Waals surface area contributed by atoms with Crippen LogP contribution in [-0.2, 0) is 0 Å². The molecule has 2 amide bonds. The summed E-state index contributed by atoms with van der Waals surface area (Å²) >= 11 is 0.